The van der Waals surface area contributed by atoms with Crippen LogP contribution in [0.4, 0.5) is 5.69 Å². The fourth-order valence-electron chi connectivity index (χ4n) is 5.14. The van der Waals surface area contributed by atoms with Crippen LogP contribution in [-0.2, 0) is 31.6 Å². The Labute approximate surface area is 243 Å². The average molecular weight is 602 g/mol. The third-order valence-corrected chi connectivity index (χ3v) is 9.98. The van der Waals surface area contributed by atoms with Crippen LogP contribution in [0.15, 0.2) is 41.3 Å². The van der Waals surface area contributed by atoms with Gasteiger partial charge in [0.25, 0.3) is 5.91 Å². The molecule has 40 heavy (non-hydrogen) atoms. The SMILES string of the molecule is Cc1[nH]c(/C=C2\C(=O)Nc3ccc(S(=O)(=O)Cc4c(Cl)cccc4Cl)cc32)c(C)c1CC(=O)N1CCN(C)CC1. The van der Waals surface area contributed by atoms with Gasteiger partial charge in [0, 0.05) is 64.4 Å². The Morgan fingerprint density at radius 3 is 2.38 bits per heavy atom. The van der Waals surface area contributed by atoms with Gasteiger partial charge in [-0.25, -0.2) is 8.42 Å². The van der Waals surface area contributed by atoms with Gasteiger partial charge in [-0.05, 0) is 68.4 Å². The Morgan fingerprint density at radius 1 is 1.02 bits per heavy atom. The van der Waals surface area contributed by atoms with Crippen LogP contribution in [0.3, 0.4) is 0 Å². The molecule has 0 spiro atoms. The number of H-pyrrole nitrogens is 1. The lowest BCUT2D eigenvalue weighted by molar-refractivity contribution is -0.132. The maximum absolute atomic E-state index is 13.3. The van der Waals surface area contributed by atoms with E-state index in [9.17, 15) is 18.0 Å². The number of anilines is 1. The van der Waals surface area contributed by atoms with Crippen LogP contribution in [-0.4, -0.2) is 68.2 Å². The van der Waals surface area contributed by atoms with Crippen molar-refractivity contribution in [3.8, 4) is 0 Å². The molecule has 3 aromatic rings. The Kier molecular flexibility index (Phi) is 7.85. The summed E-state index contributed by atoms with van der Waals surface area (Å²) in [6.07, 6.45) is 1.99. The minimum absolute atomic E-state index is 0.0579. The van der Waals surface area contributed by atoms with Crippen LogP contribution in [0.1, 0.15) is 33.6 Å². The van der Waals surface area contributed by atoms with Crippen molar-refractivity contribution in [2.45, 2.75) is 30.9 Å². The lowest BCUT2D eigenvalue weighted by Gasteiger charge is -2.32. The van der Waals surface area contributed by atoms with Gasteiger partial charge in [-0.15, -0.1) is 0 Å². The van der Waals surface area contributed by atoms with E-state index in [0.717, 1.165) is 29.9 Å². The molecule has 0 radical (unpaired) electrons. The topological polar surface area (TPSA) is 103 Å². The highest BCUT2D eigenvalue weighted by atomic mass is 35.5. The van der Waals surface area contributed by atoms with Crippen molar-refractivity contribution in [1.82, 2.24) is 14.8 Å². The fraction of sp³-hybridized carbons (Fsp3) is 0.310. The predicted molar refractivity (Wildman–Crippen MR) is 158 cm³/mol. The minimum atomic E-state index is -3.82. The van der Waals surface area contributed by atoms with E-state index in [0.29, 0.717) is 41.2 Å². The van der Waals surface area contributed by atoms with Crippen LogP contribution in [0.2, 0.25) is 10.0 Å². The Hall–Kier alpha value is -3.11. The number of nitrogens with zero attached hydrogens (tertiary/aromatic N) is 2. The van der Waals surface area contributed by atoms with Crippen LogP contribution in [0, 0.1) is 13.8 Å². The number of carbonyl (C=O) groups is 2. The molecule has 3 heterocycles. The number of benzene rings is 2. The van der Waals surface area contributed by atoms with E-state index in [-0.39, 0.29) is 38.9 Å². The van der Waals surface area contributed by atoms with Gasteiger partial charge < -0.3 is 20.1 Å². The number of aromatic nitrogens is 1. The van der Waals surface area contributed by atoms with Gasteiger partial charge in [-0.1, -0.05) is 29.3 Å². The first-order chi connectivity index (χ1) is 18.9. The predicted octanol–water partition coefficient (Wildman–Crippen LogP) is 4.72. The minimum Gasteiger partial charge on any atom is -0.359 e. The summed E-state index contributed by atoms with van der Waals surface area (Å²) in [7, 11) is -1.77. The molecule has 0 bridgehead atoms. The van der Waals surface area contributed by atoms with Crippen molar-refractivity contribution in [3.63, 3.8) is 0 Å². The smallest absolute Gasteiger partial charge is 0.256 e. The van der Waals surface area contributed by atoms with Gasteiger partial charge in [-0.3, -0.25) is 9.59 Å². The summed E-state index contributed by atoms with van der Waals surface area (Å²) in [5, 5.41) is 3.36. The Morgan fingerprint density at radius 2 is 1.70 bits per heavy atom. The monoisotopic (exact) mass is 600 g/mol. The number of fused-ring (bicyclic) bond motifs is 1. The van der Waals surface area contributed by atoms with Crippen molar-refractivity contribution in [2.75, 3.05) is 38.5 Å². The van der Waals surface area contributed by atoms with E-state index in [1.807, 2.05) is 25.8 Å². The van der Waals surface area contributed by atoms with Crippen LogP contribution < -0.4 is 5.32 Å². The quantitative estimate of drug-likeness (QED) is 0.398. The molecule has 0 atom stereocenters. The number of sulfone groups is 1. The van der Waals surface area contributed by atoms with E-state index in [1.54, 1.807) is 30.3 Å². The number of hydrogen-bond donors (Lipinski definition) is 2. The number of piperazine rings is 1. The number of halogens is 2. The fourth-order valence-corrected chi connectivity index (χ4v) is 7.26. The number of amides is 2. The van der Waals surface area contributed by atoms with Gasteiger partial charge in [0.05, 0.1) is 22.6 Å². The molecule has 2 aliphatic heterocycles. The third kappa shape index (κ3) is 5.56. The first-order valence-electron chi connectivity index (χ1n) is 12.9. The summed E-state index contributed by atoms with van der Waals surface area (Å²) in [4.78, 5) is 33.4. The van der Waals surface area contributed by atoms with E-state index >= 15 is 0 Å². The third-order valence-electron chi connectivity index (χ3n) is 7.63. The molecule has 2 aliphatic rings. The van der Waals surface area contributed by atoms with Gasteiger partial charge in [0.1, 0.15) is 0 Å². The first kappa shape index (κ1) is 28.4. The number of likely N-dealkylation sites (N-methyl/N-ethyl adjacent to an activating group) is 1. The van der Waals surface area contributed by atoms with Gasteiger partial charge in [-0.2, -0.15) is 0 Å². The largest absolute Gasteiger partial charge is 0.359 e. The normalized spacial score (nSPS) is 16.9. The number of aryl methyl sites for hydroxylation is 1. The molecule has 0 saturated carbocycles. The molecule has 5 rings (SSSR count). The molecule has 8 nitrogen and oxygen atoms in total. The highest BCUT2D eigenvalue weighted by Crippen LogP contribution is 2.37. The molecule has 210 valence electrons. The summed E-state index contributed by atoms with van der Waals surface area (Å²) in [5.41, 5.74) is 5.02. The Balaban J connectivity index is 1.44. The molecule has 2 N–H and O–H groups in total. The standard InChI is InChI=1S/C29H30Cl2N4O4S/c1-17-20(15-28(36)35-11-9-34(3)10-12-35)18(2)32-27(17)14-22-21-13-19(7-8-26(21)33-29(22)37)40(38,39)16-23-24(30)5-4-6-25(23)31/h4-8,13-14,32H,9-12,15-16H2,1-3H3,(H,33,37)/b22-14-. The number of hydrogen-bond acceptors (Lipinski definition) is 5. The highest BCUT2D eigenvalue weighted by molar-refractivity contribution is 7.90. The van der Waals surface area contributed by atoms with Crippen LogP contribution >= 0.6 is 23.2 Å². The summed E-state index contributed by atoms with van der Waals surface area (Å²) >= 11 is 12.4. The number of nitrogens with one attached hydrogen (secondary N) is 2. The summed E-state index contributed by atoms with van der Waals surface area (Å²) in [6.45, 7) is 6.95. The lowest BCUT2D eigenvalue weighted by Crippen LogP contribution is -2.47. The molecule has 0 unspecified atom stereocenters. The number of aromatic amines is 1. The van der Waals surface area contributed by atoms with Crippen molar-refractivity contribution < 1.29 is 18.0 Å². The zero-order valence-corrected chi connectivity index (χ0v) is 24.8. The molecule has 1 fully saturated rings. The molecule has 2 amide bonds. The lowest BCUT2D eigenvalue weighted by atomic mass is 10.0. The second-order valence-corrected chi connectivity index (χ2v) is 13.1. The van der Waals surface area contributed by atoms with E-state index in [2.05, 4.69) is 15.2 Å². The molecular weight excluding hydrogens is 571 g/mol. The van der Waals surface area contributed by atoms with E-state index in [4.69, 9.17) is 23.2 Å². The van der Waals surface area contributed by atoms with E-state index in [1.165, 1.54) is 12.1 Å². The Bertz CT molecular complexity index is 1630. The summed E-state index contributed by atoms with van der Waals surface area (Å²) in [6, 6.07) is 9.40. The molecule has 1 aromatic heterocycles. The van der Waals surface area contributed by atoms with Gasteiger partial charge >= 0.3 is 0 Å². The molecule has 11 heteroatoms. The summed E-state index contributed by atoms with van der Waals surface area (Å²) < 4.78 is 26.6. The number of carbonyl (C=O) groups excluding carboxylic acids is 2. The second kappa shape index (κ2) is 11.0. The summed E-state index contributed by atoms with van der Waals surface area (Å²) in [5.74, 6) is -0.625. The maximum Gasteiger partial charge on any atom is 0.256 e. The maximum atomic E-state index is 13.3. The van der Waals surface area contributed by atoms with Crippen molar-refractivity contribution in [2.24, 2.45) is 0 Å². The van der Waals surface area contributed by atoms with Crippen LogP contribution in [0.5, 0.6) is 0 Å². The molecule has 2 aromatic carbocycles. The van der Waals surface area contributed by atoms with Crippen LogP contribution in [0.25, 0.3) is 11.6 Å². The van der Waals surface area contributed by atoms with Crippen molar-refractivity contribution in [3.05, 3.63) is 80.1 Å². The zero-order valence-electron chi connectivity index (χ0n) is 22.5. The average Bonchev–Trinajstić information content (AvgIpc) is 3.36. The molecular formula is C29H30Cl2N4O4S. The van der Waals surface area contributed by atoms with Crippen molar-refractivity contribution >= 4 is 62.2 Å². The van der Waals surface area contributed by atoms with Gasteiger partial charge in [0.2, 0.25) is 5.91 Å². The van der Waals surface area contributed by atoms with Crippen molar-refractivity contribution in [1.29, 1.82) is 0 Å². The van der Waals surface area contributed by atoms with E-state index < -0.39 is 9.84 Å². The second-order valence-electron chi connectivity index (χ2n) is 10.3. The molecule has 1 saturated heterocycles. The molecule has 0 aliphatic carbocycles. The highest BCUT2D eigenvalue weighted by Gasteiger charge is 2.29. The first-order valence-corrected chi connectivity index (χ1v) is 15.3. The number of rotatable bonds is 6. The zero-order chi connectivity index (χ0) is 28.8. The van der Waals surface area contributed by atoms with Gasteiger partial charge in [0.15, 0.2) is 9.84 Å².